The SMILES string of the molecule is CN(C)CCCc1ccc2c(c1)OC(F)(F)O2. The minimum Gasteiger partial charge on any atom is -0.395 e. The highest BCUT2D eigenvalue weighted by atomic mass is 19.3. The van der Waals surface area contributed by atoms with Gasteiger partial charge in [-0.15, -0.1) is 8.78 Å². The summed E-state index contributed by atoms with van der Waals surface area (Å²) >= 11 is 0. The van der Waals surface area contributed by atoms with Gasteiger partial charge < -0.3 is 14.4 Å². The van der Waals surface area contributed by atoms with E-state index in [1.54, 1.807) is 12.1 Å². The van der Waals surface area contributed by atoms with Crippen LogP contribution in [0.15, 0.2) is 18.2 Å². The topological polar surface area (TPSA) is 21.7 Å². The van der Waals surface area contributed by atoms with Crippen molar-refractivity contribution >= 4 is 0 Å². The first kappa shape index (κ1) is 12.1. The lowest BCUT2D eigenvalue weighted by Gasteiger charge is -2.08. The lowest BCUT2D eigenvalue weighted by molar-refractivity contribution is -0.286. The van der Waals surface area contributed by atoms with Gasteiger partial charge >= 0.3 is 6.29 Å². The molecule has 0 unspecified atom stereocenters. The van der Waals surface area contributed by atoms with E-state index in [1.165, 1.54) is 6.07 Å². The molecular weight excluding hydrogens is 228 g/mol. The predicted molar refractivity (Wildman–Crippen MR) is 59.5 cm³/mol. The second-order valence-electron chi connectivity index (χ2n) is 4.36. The molecule has 0 fully saturated rings. The molecule has 2 rings (SSSR count). The van der Waals surface area contributed by atoms with Gasteiger partial charge in [-0.3, -0.25) is 0 Å². The Morgan fingerprint density at radius 3 is 2.59 bits per heavy atom. The van der Waals surface area contributed by atoms with E-state index in [2.05, 4.69) is 14.4 Å². The van der Waals surface area contributed by atoms with Crippen LogP contribution in [0, 0.1) is 0 Å². The highest BCUT2D eigenvalue weighted by molar-refractivity contribution is 5.45. The van der Waals surface area contributed by atoms with Gasteiger partial charge in [0.05, 0.1) is 0 Å². The quantitative estimate of drug-likeness (QED) is 0.811. The average Bonchev–Trinajstić information content (AvgIpc) is 2.50. The Morgan fingerprint density at radius 1 is 1.18 bits per heavy atom. The number of aryl methyl sites for hydroxylation is 1. The Labute approximate surface area is 98.9 Å². The molecule has 0 atom stereocenters. The number of halogens is 2. The van der Waals surface area contributed by atoms with Crippen LogP contribution >= 0.6 is 0 Å². The van der Waals surface area contributed by atoms with Crippen LogP contribution in [0.4, 0.5) is 8.78 Å². The fourth-order valence-corrected chi connectivity index (χ4v) is 1.75. The van der Waals surface area contributed by atoms with Gasteiger partial charge in [-0.05, 0) is 51.2 Å². The number of ether oxygens (including phenoxy) is 2. The van der Waals surface area contributed by atoms with Crippen LogP contribution < -0.4 is 9.47 Å². The molecule has 0 bridgehead atoms. The van der Waals surface area contributed by atoms with Crippen LogP contribution in [0.1, 0.15) is 12.0 Å². The van der Waals surface area contributed by atoms with E-state index in [9.17, 15) is 8.78 Å². The zero-order chi connectivity index (χ0) is 12.5. The molecule has 1 aromatic carbocycles. The van der Waals surface area contributed by atoms with Crippen molar-refractivity contribution in [2.45, 2.75) is 19.1 Å². The van der Waals surface area contributed by atoms with Crippen LogP contribution in [0.3, 0.4) is 0 Å². The first-order valence-electron chi connectivity index (χ1n) is 5.50. The van der Waals surface area contributed by atoms with Crippen molar-refractivity contribution in [3.8, 4) is 11.5 Å². The first-order valence-corrected chi connectivity index (χ1v) is 5.50. The molecular formula is C12H15F2NO2. The molecule has 1 aliphatic rings. The van der Waals surface area contributed by atoms with Crippen molar-refractivity contribution < 1.29 is 18.3 Å². The molecule has 0 aromatic heterocycles. The summed E-state index contributed by atoms with van der Waals surface area (Å²) in [6.45, 7) is 0.963. The van der Waals surface area contributed by atoms with E-state index in [0.717, 1.165) is 24.9 Å². The van der Waals surface area contributed by atoms with Gasteiger partial charge in [-0.2, -0.15) is 0 Å². The number of alkyl halides is 2. The molecule has 1 heterocycles. The van der Waals surface area contributed by atoms with Crippen LogP contribution in [-0.4, -0.2) is 31.8 Å². The largest absolute Gasteiger partial charge is 0.586 e. The third-order valence-corrected chi connectivity index (χ3v) is 2.54. The normalized spacial score (nSPS) is 16.5. The Kier molecular flexibility index (Phi) is 3.19. The van der Waals surface area contributed by atoms with Crippen molar-refractivity contribution in [3.63, 3.8) is 0 Å². The molecule has 94 valence electrons. The van der Waals surface area contributed by atoms with E-state index in [1.807, 2.05) is 14.1 Å². The van der Waals surface area contributed by atoms with Crippen LogP contribution in [0.2, 0.25) is 0 Å². The Balaban J connectivity index is 1.99. The second kappa shape index (κ2) is 4.49. The van der Waals surface area contributed by atoms with Gasteiger partial charge in [0, 0.05) is 0 Å². The average molecular weight is 243 g/mol. The summed E-state index contributed by atoms with van der Waals surface area (Å²) in [6, 6.07) is 4.94. The van der Waals surface area contributed by atoms with E-state index in [-0.39, 0.29) is 11.5 Å². The number of nitrogens with zero attached hydrogens (tertiary/aromatic N) is 1. The van der Waals surface area contributed by atoms with Gasteiger partial charge in [-0.25, -0.2) is 0 Å². The Hall–Kier alpha value is -1.36. The zero-order valence-corrected chi connectivity index (χ0v) is 9.87. The second-order valence-corrected chi connectivity index (χ2v) is 4.36. The standard InChI is InChI=1S/C12H15F2NO2/c1-15(2)7-3-4-9-5-6-10-11(8-9)17-12(13,14)16-10/h5-6,8H,3-4,7H2,1-2H3. The molecule has 0 aliphatic carbocycles. The number of benzene rings is 1. The van der Waals surface area contributed by atoms with Gasteiger partial charge in [0.1, 0.15) is 0 Å². The smallest absolute Gasteiger partial charge is 0.395 e. The van der Waals surface area contributed by atoms with Crippen LogP contribution in [0.25, 0.3) is 0 Å². The fourth-order valence-electron chi connectivity index (χ4n) is 1.75. The number of hydrogen-bond acceptors (Lipinski definition) is 3. The van der Waals surface area contributed by atoms with Crippen LogP contribution in [-0.2, 0) is 6.42 Å². The van der Waals surface area contributed by atoms with E-state index in [0.29, 0.717) is 0 Å². The summed E-state index contributed by atoms with van der Waals surface area (Å²) in [7, 11) is 4.00. The predicted octanol–water partition coefficient (Wildman–Crippen LogP) is 2.50. The maximum absolute atomic E-state index is 12.8. The Bertz CT molecular complexity index is 407. The maximum Gasteiger partial charge on any atom is 0.586 e. The van der Waals surface area contributed by atoms with Crippen molar-refractivity contribution in [1.29, 1.82) is 0 Å². The summed E-state index contributed by atoms with van der Waals surface area (Å²) in [5, 5.41) is 0. The molecule has 0 amide bonds. The highest BCUT2D eigenvalue weighted by Gasteiger charge is 2.43. The minimum absolute atomic E-state index is 0.103. The molecule has 0 N–H and O–H groups in total. The number of hydrogen-bond donors (Lipinski definition) is 0. The molecule has 0 spiro atoms. The third-order valence-electron chi connectivity index (χ3n) is 2.54. The van der Waals surface area contributed by atoms with E-state index >= 15 is 0 Å². The van der Waals surface area contributed by atoms with E-state index < -0.39 is 6.29 Å². The molecule has 0 radical (unpaired) electrons. The van der Waals surface area contributed by atoms with Gasteiger partial charge in [0.15, 0.2) is 11.5 Å². The van der Waals surface area contributed by atoms with Gasteiger partial charge in [-0.1, -0.05) is 6.07 Å². The zero-order valence-electron chi connectivity index (χ0n) is 9.87. The number of rotatable bonds is 4. The van der Waals surface area contributed by atoms with Crippen molar-refractivity contribution in [1.82, 2.24) is 4.90 Å². The Morgan fingerprint density at radius 2 is 1.88 bits per heavy atom. The molecule has 1 aromatic rings. The van der Waals surface area contributed by atoms with Crippen molar-refractivity contribution in [2.24, 2.45) is 0 Å². The van der Waals surface area contributed by atoms with Crippen molar-refractivity contribution in [2.75, 3.05) is 20.6 Å². The van der Waals surface area contributed by atoms with Gasteiger partial charge in [0.25, 0.3) is 0 Å². The summed E-state index contributed by atoms with van der Waals surface area (Å²) in [5.41, 5.74) is 0.979. The molecule has 5 heteroatoms. The molecule has 0 saturated carbocycles. The first-order chi connectivity index (χ1) is 7.96. The third kappa shape index (κ3) is 3.06. The maximum atomic E-state index is 12.8. The highest BCUT2D eigenvalue weighted by Crippen LogP contribution is 2.41. The van der Waals surface area contributed by atoms with Crippen molar-refractivity contribution in [3.05, 3.63) is 23.8 Å². The summed E-state index contributed by atoms with van der Waals surface area (Å²) in [4.78, 5) is 2.08. The minimum atomic E-state index is -3.52. The van der Waals surface area contributed by atoms with E-state index in [4.69, 9.17) is 0 Å². The fraction of sp³-hybridized carbons (Fsp3) is 0.500. The van der Waals surface area contributed by atoms with Crippen LogP contribution in [0.5, 0.6) is 11.5 Å². The van der Waals surface area contributed by atoms with Gasteiger partial charge in [0.2, 0.25) is 0 Å². The summed E-state index contributed by atoms with van der Waals surface area (Å²) in [5.74, 6) is 0.226. The monoisotopic (exact) mass is 243 g/mol. The lowest BCUT2D eigenvalue weighted by atomic mass is 10.1. The molecule has 3 nitrogen and oxygen atoms in total. The summed E-state index contributed by atoms with van der Waals surface area (Å²) in [6.07, 6.45) is -1.71. The lowest BCUT2D eigenvalue weighted by Crippen LogP contribution is -2.25. The molecule has 1 aliphatic heterocycles. The number of fused-ring (bicyclic) bond motifs is 1. The molecule has 0 saturated heterocycles. The molecule has 17 heavy (non-hydrogen) atoms. The summed E-state index contributed by atoms with van der Waals surface area (Å²) < 4.78 is 34.3.